The summed E-state index contributed by atoms with van der Waals surface area (Å²) in [6.07, 6.45) is 7.31. The molecule has 0 radical (unpaired) electrons. The van der Waals surface area contributed by atoms with Crippen LogP contribution in [0.15, 0.2) is 17.1 Å². The third-order valence-corrected chi connectivity index (χ3v) is 1.55. The predicted molar refractivity (Wildman–Crippen MR) is 52.2 cm³/mol. The average Bonchev–Trinajstić information content (AvgIpc) is 1.97. The number of allylic oxidation sites excluding steroid dienone is 2. The molecule has 0 spiro atoms. The molecule has 0 amide bonds. The van der Waals surface area contributed by atoms with E-state index in [9.17, 15) is 0 Å². The summed E-state index contributed by atoms with van der Waals surface area (Å²) in [7, 11) is 0. The quantitative estimate of drug-likeness (QED) is 0.550. The highest BCUT2D eigenvalue weighted by Crippen LogP contribution is 2.00. The van der Waals surface area contributed by atoms with E-state index in [4.69, 9.17) is 0 Å². The topological polar surface area (TPSA) is 12.4 Å². The highest BCUT2D eigenvalue weighted by molar-refractivity contribution is 5.71. The van der Waals surface area contributed by atoms with Crippen LogP contribution >= 0.6 is 0 Å². The van der Waals surface area contributed by atoms with Crippen LogP contribution in [0.2, 0.25) is 0 Å². The molecule has 1 atom stereocenters. The Morgan fingerprint density at radius 2 is 1.91 bits per heavy atom. The molecule has 0 rings (SSSR count). The number of nitrogens with zero attached hydrogens (tertiary/aromatic N) is 1. The second kappa shape index (κ2) is 6.14. The second-order valence-corrected chi connectivity index (χ2v) is 3.16. The number of aliphatic imine (C=N–C) groups is 1. The summed E-state index contributed by atoms with van der Waals surface area (Å²) in [6.45, 7) is 8.55. The van der Waals surface area contributed by atoms with Crippen molar-refractivity contribution >= 4 is 6.21 Å². The second-order valence-electron chi connectivity index (χ2n) is 3.16. The Bertz CT molecular complexity index is 134. The van der Waals surface area contributed by atoms with E-state index < -0.39 is 0 Å². The van der Waals surface area contributed by atoms with Crippen LogP contribution in [0.3, 0.4) is 0 Å². The summed E-state index contributed by atoms with van der Waals surface area (Å²) < 4.78 is 0. The van der Waals surface area contributed by atoms with Gasteiger partial charge < -0.3 is 0 Å². The molecule has 0 aliphatic heterocycles. The Hall–Kier alpha value is -0.590. The van der Waals surface area contributed by atoms with Crippen molar-refractivity contribution < 1.29 is 0 Å². The van der Waals surface area contributed by atoms with Crippen molar-refractivity contribution in [3.05, 3.63) is 12.2 Å². The fourth-order valence-corrected chi connectivity index (χ4v) is 0.597. The van der Waals surface area contributed by atoms with Gasteiger partial charge in [0, 0.05) is 12.3 Å². The van der Waals surface area contributed by atoms with Crippen molar-refractivity contribution in [2.45, 2.75) is 40.2 Å². The SMILES string of the molecule is CCC(C)/C=C\C=N/C(C)C. The molecule has 0 bridgehead atoms. The van der Waals surface area contributed by atoms with Gasteiger partial charge in [0.05, 0.1) is 0 Å². The predicted octanol–water partition coefficient (Wildman–Crippen LogP) is 3.07. The van der Waals surface area contributed by atoms with Crippen LogP contribution in [0.4, 0.5) is 0 Å². The molecule has 64 valence electrons. The van der Waals surface area contributed by atoms with Crippen LogP contribution in [-0.2, 0) is 0 Å². The molecule has 0 aromatic carbocycles. The van der Waals surface area contributed by atoms with E-state index >= 15 is 0 Å². The summed E-state index contributed by atoms with van der Waals surface area (Å²) >= 11 is 0. The lowest BCUT2D eigenvalue weighted by Gasteiger charge is -1.97. The zero-order valence-corrected chi connectivity index (χ0v) is 8.04. The summed E-state index contributed by atoms with van der Waals surface area (Å²) in [5.74, 6) is 0.675. The fourth-order valence-electron chi connectivity index (χ4n) is 0.597. The van der Waals surface area contributed by atoms with Crippen molar-refractivity contribution in [1.82, 2.24) is 0 Å². The van der Waals surface area contributed by atoms with E-state index in [1.807, 2.05) is 12.3 Å². The first kappa shape index (κ1) is 10.4. The maximum atomic E-state index is 4.22. The zero-order chi connectivity index (χ0) is 8.69. The monoisotopic (exact) mass is 153 g/mol. The van der Waals surface area contributed by atoms with Gasteiger partial charge in [-0.15, -0.1) is 0 Å². The normalized spacial score (nSPS) is 15.4. The standard InChI is InChI=1S/C10H19N/c1-5-10(4)7-6-8-11-9(2)3/h6-10H,5H2,1-4H3/b7-6-,11-8-. The molecule has 0 N–H and O–H groups in total. The molecule has 0 aromatic heterocycles. The molecule has 0 aliphatic rings. The molecular weight excluding hydrogens is 134 g/mol. The summed E-state index contributed by atoms with van der Waals surface area (Å²) in [5.41, 5.74) is 0. The Kier molecular flexibility index (Phi) is 5.81. The Balaban J connectivity index is 3.59. The van der Waals surface area contributed by atoms with Crippen LogP contribution in [0.5, 0.6) is 0 Å². The molecule has 1 unspecified atom stereocenters. The fraction of sp³-hybridized carbons (Fsp3) is 0.700. The molecule has 1 nitrogen and oxygen atoms in total. The average molecular weight is 153 g/mol. The highest BCUT2D eigenvalue weighted by atomic mass is 14.7. The third kappa shape index (κ3) is 7.31. The molecule has 11 heavy (non-hydrogen) atoms. The number of rotatable bonds is 4. The van der Waals surface area contributed by atoms with Crippen LogP contribution in [0.1, 0.15) is 34.1 Å². The first-order chi connectivity index (χ1) is 5.16. The minimum atomic E-state index is 0.414. The van der Waals surface area contributed by atoms with Crippen molar-refractivity contribution in [2.24, 2.45) is 10.9 Å². The molecule has 0 saturated heterocycles. The lowest BCUT2D eigenvalue weighted by Crippen LogP contribution is -1.88. The van der Waals surface area contributed by atoms with Gasteiger partial charge in [-0.05, 0) is 25.8 Å². The van der Waals surface area contributed by atoms with Gasteiger partial charge in [0.25, 0.3) is 0 Å². The Morgan fingerprint density at radius 3 is 2.36 bits per heavy atom. The largest absolute Gasteiger partial charge is 0.290 e. The van der Waals surface area contributed by atoms with E-state index in [1.54, 1.807) is 0 Å². The molecule has 1 heteroatoms. The zero-order valence-electron chi connectivity index (χ0n) is 8.04. The number of hydrogen-bond donors (Lipinski definition) is 0. The van der Waals surface area contributed by atoms with Crippen molar-refractivity contribution in [3.63, 3.8) is 0 Å². The van der Waals surface area contributed by atoms with Crippen molar-refractivity contribution in [2.75, 3.05) is 0 Å². The molecule has 0 aromatic rings. The summed E-state index contributed by atoms with van der Waals surface area (Å²) in [4.78, 5) is 4.22. The van der Waals surface area contributed by atoms with E-state index in [0.29, 0.717) is 12.0 Å². The molecular formula is C10H19N. The molecule has 0 aliphatic carbocycles. The van der Waals surface area contributed by atoms with E-state index in [2.05, 4.69) is 38.8 Å². The van der Waals surface area contributed by atoms with Gasteiger partial charge in [0.15, 0.2) is 0 Å². The summed E-state index contributed by atoms with van der Waals surface area (Å²) in [6, 6.07) is 0.414. The number of hydrogen-bond acceptors (Lipinski definition) is 1. The molecule has 0 heterocycles. The Morgan fingerprint density at radius 1 is 1.27 bits per heavy atom. The van der Waals surface area contributed by atoms with E-state index in [1.165, 1.54) is 6.42 Å². The van der Waals surface area contributed by atoms with Gasteiger partial charge >= 0.3 is 0 Å². The Labute approximate surface area is 70.2 Å². The van der Waals surface area contributed by atoms with Crippen molar-refractivity contribution in [3.8, 4) is 0 Å². The lowest BCUT2D eigenvalue weighted by molar-refractivity contribution is 0.699. The van der Waals surface area contributed by atoms with E-state index in [-0.39, 0.29) is 0 Å². The maximum Gasteiger partial charge on any atom is 0.0443 e. The lowest BCUT2D eigenvalue weighted by atomic mass is 10.1. The van der Waals surface area contributed by atoms with Gasteiger partial charge in [0.1, 0.15) is 0 Å². The smallest absolute Gasteiger partial charge is 0.0443 e. The maximum absolute atomic E-state index is 4.22. The third-order valence-electron chi connectivity index (χ3n) is 1.55. The molecule has 0 saturated carbocycles. The van der Waals surface area contributed by atoms with Crippen LogP contribution < -0.4 is 0 Å². The first-order valence-electron chi connectivity index (χ1n) is 4.36. The van der Waals surface area contributed by atoms with Crippen LogP contribution in [0, 0.1) is 5.92 Å². The van der Waals surface area contributed by atoms with Gasteiger partial charge in [-0.3, -0.25) is 4.99 Å². The first-order valence-corrected chi connectivity index (χ1v) is 4.36. The van der Waals surface area contributed by atoms with E-state index in [0.717, 1.165) is 0 Å². The minimum absolute atomic E-state index is 0.414. The van der Waals surface area contributed by atoms with Crippen molar-refractivity contribution in [1.29, 1.82) is 0 Å². The van der Waals surface area contributed by atoms with Gasteiger partial charge in [-0.2, -0.15) is 0 Å². The van der Waals surface area contributed by atoms with Gasteiger partial charge in [0.2, 0.25) is 0 Å². The van der Waals surface area contributed by atoms with Crippen LogP contribution in [0.25, 0.3) is 0 Å². The van der Waals surface area contributed by atoms with Gasteiger partial charge in [-0.1, -0.05) is 26.3 Å². The van der Waals surface area contributed by atoms with Gasteiger partial charge in [-0.25, -0.2) is 0 Å². The summed E-state index contributed by atoms with van der Waals surface area (Å²) in [5, 5.41) is 0. The minimum Gasteiger partial charge on any atom is -0.290 e. The highest BCUT2D eigenvalue weighted by Gasteiger charge is 1.87. The molecule has 0 fully saturated rings. The van der Waals surface area contributed by atoms with Crippen LogP contribution in [-0.4, -0.2) is 12.3 Å².